The van der Waals surface area contributed by atoms with Crippen LogP contribution in [0.4, 0.5) is 0 Å². The number of hydrogen-bond donors (Lipinski definition) is 1. The number of thiophene rings is 1. The molecule has 0 amide bonds. The van der Waals surface area contributed by atoms with Gasteiger partial charge in [0.05, 0.1) is 40.6 Å². The van der Waals surface area contributed by atoms with Crippen LogP contribution in [0.3, 0.4) is 0 Å². The molecule has 0 radical (unpaired) electrons. The molecule has 4 nitrogen and oxygen atoms in total. The molecule has 2 aromatic heterocycles. The number of unbranched alkanes of at least 4 members (excludes halogenated alkanes) is 1. The van der Waals surface area contributed by atoms with E-state index < -0.39 is 0 Å². The number of furan rings is 1. The Bertz CT molecular complexity index is 916. The molecule has 5 heteroatoms. The van der Waals surface area contributed by atoms with Crippen LogP contribution in [-0.2, 0) is 13.0 Å². The molecule has 28 heavy (non-hydrogen) atoms. The van der Waals surface area contributed by atoms with Crippen molar-refractivity contribution in [1.82, 2.24) is 5.32 Å². The van der Waals surface area contributed by atoms with Crippen LogP contribution in [0.15, 0.2) is 40.5 Å². The van der Waals surface area contributed by atoms with Gasteiger partial charge in [-0.1, -0.05) is 26.3 Å². The van der Waals surface area contributed by atoms with Gasteiger partial charge < -0.3 is 9.73 Å². The number of terminal acetylenes is 1. The minimum absolute atomic E-state index is 0.520. The van der Waals surface area contributed by atoms with Crippen LogP contribution >= 0.6 is 11.3 Å². The van der Waals surface area contributed by atoms with Crippen LogP contribution in [0, 0.1) is 42.4 Å². The standard InChI is InChI=1S/C21H23N3OS.C2H2/c1-4-6-8-16(12-22)11-19(24-14-17-9-7-10-25-17)21-15(3)18(13-23)20(5-2)26-21;1-2/h7-11,24H,4-6,14H2,1-3H3;1-2H/b16-8-,19-11+;. The van der Waals surface area contributed by atoms with E-state index in [1.165, 1.54) is 0 Å². The average Bonchev–Trinajstić information content (AvgIpc) is 3.36. The molecule has 0 aliphatic carbocycles. The van der Waals surface area contributed by atoms with Crippen molar-refractivity contribution < 1.29 is 4.42 Å². The number of nitrogens with one attached hydrogen (secondary N) is 1. The van der Waals surface area contributed by atoms with Gasteiger partial charge in [-0.25, -0.2) is 0 Å². The molecule has 0 bridgehead atoms. The van der Waals surface area contributed by atoms with E-state index in [0.29, 0.717) is 12.1 Å². The molecular weight excluding hydrogens is 366 g/mol. The van der Waals surface area contributed by atoms with Gasteiger partial charge in [0.2, 0.25) is 0 Å². The predicted molar refractivity (Wildman–Crippen MR) is 115 cm³/mol. The molecule has 0 aromatic carbocycles. The van der Waals surface area contributed by atoms with Crippen LogP contribution in [0.5, 0.6) is 0 Å². The molecule has 0 aliphatic rings. The third-order valence-electron chi connectivity index (χ3n) is 4.01. The number of rotatable bonds is 8. The molecule has 144 valence electrons. The Balaban J connectivity index is 0.00000190. The molecule has 0 saturated heterocycles. The van der Waals surface area contributed by atoms with Gasteiger partial charge in [-0.15, -0.1) is 24.2 Å². The van der Waals surface area contributed by atoms with Gasteiger partial charge in [0.15, 0.2) is 0 Å². The number of aryl methyl sites for hydroxylation is 1. The number of nitrogens with zero attached hydrogens (tertiary/aromatic N) is 2. The average molecular weight is 392 g/mol. The summed E-state index contributed by atoms with van der Waals surface area (Å²) in [5, 5.41) is 22.3. The molecule has 0 saturated carbocycles. The normalized spacial score (nSPS) is 11.1. The molecule has 0 fully saturated rings. The van der Waals surface area contributed by atoms with Crippen LogP contribution in [0.1, 0.15) is 53.3 Å². The first kappa shape index (κ1) is 22.8. The molecular formula is C23H25N3OS. The summed E-state index contributed by atoms with van der Waals surface area (Å²) < 4.78 is 5.40. The van der Waals surface area contributed by atoms with Gasteiger partial charge in [0, 0.05) is 4.88 Å². The largest absolute Gasteiger partial charge is 0.467 e. The fraction of sp³-hybridized carbons (Fsp3) is 0.304. The zero-order chi connectivity index (χ0) is 20.9. The molecule has 0 atom stereocenters. The molecule has 2 heterocycles. The minimum atomic E-state index is 0.520. The monoisotopic (exact) mass is 391 g/mol. The van der Waals surface area contributed by atoms with Gasteiger partial charge in [0.25, 0.3) is 0 Å². The van der Waals surface area contributed by atoms with Gasteiger partial charge >= 0.3 is 0 Å². The minimum Gasteiger partial charge on any atom is -0.467 e. The molecule has 2 aromatic rings. The van der Waals surface area contributed by atoms with E-state index in [-0.39, 0.29) is 0 Å². The van der Waals surface area contributed by atoms with Crippen molar-refractivity contribution in [2.24, 2.45) is 0 Å². The quantitative estimate of drug-likeness (QED) is 0.355. The first-order valence-electron chi connectivity index (χ1n) is 9.08. The van der Waals surface area contributed by atoms with E-state index in [0.717, 1.165) is 51.6 Å². The van der Waals surface area contributed by atoms with Crippen molar-refractivity contribution >= 4 is 17.0 Å². The highest BCUT2D eigenvalue weighted by Gasteiger charge is 2.17. The van der Waals surface area contributed by atoms with Crippen LogP contribution in [0.2, 0.25) is 0 Å². The second kappa shape index (κ2) is 12.2. The third kappa shape index (κ3) is 5.92. The number of hydrogen-bond acceptors (Lipinski definition) is 5. The van der Waals surface area contributed by atoms with Crippen molar-refractivity contribution in [1.29, 1.82) is 10.5 Å². The molecule has 0 unspecified atom stereocenters. The second-order valence-corrected chi connectivity index (χ2v) is 6.98. The lowest BCUT2D eigenvalue weighted by Gasteiger charge is -2.10. The molecule has 1 N–H and O–H groups in total. The highest BCUT2D eigenvalue weighted by atomic mass is 32.1. The fourth-order valence-corrected chi connectivity index (χ4v) is 3.80. The summed E-state index contributed by atoms with van der Waals surface area (Å²) in [7, 11) is 0. The zero-order valence-electron chi connectivity index (χ0n) is 16.6. The van der Waals surface area contributed by atoms with E-state index in [2.05, 4.69) is 44.1 Å². The Hall–Kier alpha value is -3.20. The Morgan fingerprint density at radius 3 is 2.57 bits per heavy atom. The van der Waals surface area contributed by atoms with Crippen molar-refractivity contribution in [3.05, 3.63) is 62.8 Å². The maximum absolute atomic E-state index is 9.49. The summed E-state index contributed by atoms with van der Waals surface area (Å²) in [4.78, 5) is 2.07. The van der Waals surface area contributed by atoms with Gasteiger partial charge in [-0.05, 0) is 43.5 Å². The van der Waals surface area contributed by atoms with E-state index >= 15 is 0 Å². The van der Waals surface area contributed by atoms with Crippen molar-refractivity contribution in [2.75, 3.05) is 0 Å². The summed E-state index contributed by atoms with van der Waals surface area (Å²) in [6.45, 7) is 6.62. The highest BCUT2D eigenvalue weighted by Crippen LogP contribution is 2.33. The van der Waals surface area contributed by atoms with E-state index in [1.54, 1.807) is 17.6 Å². The summed E-state index contributed by atoms with van der Waals surface area (Å²) in [5.74, 6) is 0.817. The Morgan fingerprint density at radius 1 is 1.32 bits per heavy atom. The molecule has 0 spiro atoms. The summed E-state index contributed by atoms with van der Waals surface area (Å²) in [6.07, 6.45) is 16.1. The third-order valence-corrected chi connectivity index (χ3v) is 5.48. The second-order valence-electron chi connectivity index (χ2n) is 5.87. The van der Waals surface area contributed by atoms with Crippen LogP contribution < -0.4 is 5.32 Å². The highest BCUT2D eigenvalue weighted by molar-refractivity contribution is 7.13. The topological polar surface area (TPSA) is 72.8 Å². The van der Waals surface area contributed by atoms with Crippen LogP contribution in [0.25, 0.3) is 5.70 Å². The lowest BCUT2D eigenvalue weighted by Crippen LogP contribution is -2.11. The SMILES string of the molecule is C#C.CCC/C=C(C#N)/C=C(/NCc1ccco1)c1sc(CC)c(C#N)c1C. The van der Waals surface area contributed by atoms with Crippen LogP contribution in [-0.4, -0.2) is 0 Å². The summed E-state index contributed by atoms with van der Waals surface area (Å²) >= 11 is 1.61. The van der Waals surface area contributed by atoms with Gasteiger partial charge in [-0.3, -0.25) is 0 Å². The first-order chi connectivity index (χ1) is 13.6. The zero-order valence-corrected chi connectivity index (χ0v) is 17.4. The van der Waals surface area contributed by atoms with Gasteiger partial charge in [-0.2, -0.15) is 10.5 Å². The van der Waals surface area contributed by atoms with Crippen molar-refractivity contribution in [2.45, 2.75) is 46.6 Å². The maximum Gasteiger partial charge on any atom is 0.122 e. The Labute approximate surface area is 171 Å². The summed E-state index contributed by atoms with van der Waals surface area (Å²) in [6, 6.07) is 8.33. The number of allylic oxidation sites excluding steroid dienone is 3. The smallest absolute Gasteiger partial charge is 0.122 e. The van der Waals surface area contributed by atoms with Gasteiger partial charge in [0.1, 0.15) is 11.8 Å². The lowest BCUT2D eigenvalue weighted by atomic mass is 10.1. The van der Waals surface area contributed by atoms with Crippen molar-refractivity contribution in [3.8, 4) is 25.0 Å². The predicted octanol–water partition coefficient (Wildman–Crippen LogP) is 5.71. The first-order valence-corrected chi connectivity index (χ1v) is 9.90. The van der Waals surface area contributed by atoms with E-state index in [1.807, 2.05) is 31.2 Å². The Morgan fingerprint density at radius 2 is 2.07 bits per heavy atom. The lowest BCUT2D eigenvalue weighted by molar-refractivity contribution is 0.501. The summed E-state index contributed by atoms with van der Waals surface area (Å²) in [5.41, 5.74) is 3.18. The fourth-order valence-electron chi connectivity index (χ4n) is 2.61. The maximum atomic E-state index is 9.49. The molecule has 2 rings (SSSR count). The number of nitriles is 2. The van der Waals surface area contributed by atoms with E-state index in [4.69, 9.17) is 4.42 Å². The molecule has 0 aliphatic heterocycles. The Kier molecular flexibility index (Phi) is 9.98. The van der Waals surface area contributed by atoms with Crippen molar-refractivity contribution in [3.63, 3.8) is 0 Å². The van der Waals surface area contributed by atoms with E-state index in [9.17, 15) is 10.5 Å².